The van der Waals surface area contributed by atoms with Crippen LogP contribution in [0, 0.1) is 5.82 Å². The van der Waals surface area contributed by atoms with Crippen molar-refractivity contribution >= 4 is 21.8 Å². The highest BCUT2D eigenvalue weighted by atomic mass is 32.2. The van der Waals surface area contributed by atoms with Gasteiger partial charge in [0, 0.05) is 52.2 Å². The number of benzene rings is 3. The third-order valence-electron chi connectivity index (χ3n) is 8.35. The van der Waals surface area contributed by atoms with Crippen molar-refractivity contribution in [2.75, 3.05) is 52.5 Å². The first kappa shape index (κ1) is 32.7. The van der Waals surface area contributed by atoms with Gasteiger partial charge in [-0.05, 0) is 60.2 Å². The van der Waals surface area contributed by atoms with E-state index in [1.807, 2.05) is 30.3 Å². The summed E-state index contributed by atoms with van der Waals surface area (Å²) in [4.78, 5) is 31.8. The summed E-state index contributed by atoms with van der Waals surface area (Å²) in [7, 11) is -3.53. The lowest BCUT2D eigenvalue weighted by Gasteiger charge is -2.32. The van der Waals surface area contributed by atoms with E-state index in [1.165, 1.54) is 16.4 Å². The summed E-state index contributed by atoms with van der Waals surface area (Å²) in [5, 5.41) is 3.04. The minimum atomic E-state index is -3.53. The van der Waals surface area contributed by atoms with Crippen LogP contribution in [-0.4, -0.2) is 86.8 Å². The van der Waals surface area contributed by atoms with E-state index < -0.39 is 16.1 Å². The van der Waals surface area contributed by atoms with E-state index in [9.17, 15) is 22.4 Å². The average Bonchev–Trinajstić information content (AvgIpc) is 3.62. The van der Waals surface area contributed by atoms with Crippen molar-refractivity contribution in [3.8, 4) is 0 Å². The van der Waals surface area contributed by atoms with Crippen LogP contribution in [0.15, 0.2) is 83.8 Å². The van der Waals surface area contributed by atoms with E-state index in [1.54, 1.807) is 41.3 Å². The molecule has 0 bridgehead atoms. The summed E-state index contributed by atoms with van der Waals surface area (Å²) in [6.07, 6.45) is 2.19. The summed E-state index contributed by atoms with van der Waals surface area (Å²) < 4.78 is 46.5. The Hall–Kier alpha value is -3.64. The SMILES string of the molecule is O=C(NCCN1CCOCC1)[C@@H](c1ccccc1)N(Cc1ccc(F)cc1)C(=O)CCc1ccc(S(=O)(=O)N2CCCC2)cc1. The van der Waals surface area contributed by atoms with Crippen LogP contribution in [-0.2, 0) is 37.3 Å². The van der Waals surface area contributed by atoms with Gasteiger partial charge in [0.2, 0.25) is 21.8 Å². The number of amides is 2. The number of ether oxygens (including phenoxy) is 1. The van der Waals surface area contributed by atoms with Gasteiger partial charge in [-0.1, -0.05) is 54.6 Å². The van der Waals surface area contributed by atoms with E-state index in [4.69, 9.17) is 4.74 Å². The van der Waals surface area contributed by atoms with Gasteiger partial charge in [0.15, 0.2) is 0 Å². The smallest absolute Gasteiger partial charge is 0.247 e. The molecule has 0 aromatic heterocycles. The number of hydrogen-bond acceptors (Lipinski definition) is 6. The number of rotatable bonds is 13. The maximum absolute atomic E-state index is 14.0. The van der Waals surface area contributed by atoms with Crippen molar-refractivity contribution in [3.63, 3.8) is 0 Å². The Bertz CT molecular complexity index is 1510. The third kappa shape index (κ3) is 8.76. The molecule has 1 atom stereocenters. The number of hydrogen-bond donors (Lipinski definition) is 1. The molecule has 5 rings (SSSR count). The zero-order valence-corrected chi connectivity index (χ0v) is 26.3. The van der Waals surface area contributed by atoms with Crippen LogP contribution >= 0.6 is 0 Å². The second-order valence-electron chi connectivity index (χ2n) is 11.5. The molecule has 2 aliphatic heterocycles. The Morgan fingerprint density at radius 1 is 0.867 bits per heavy atom. The van der Waals surface area contributed by atoms with Crippen LogP contribution in [0.25, 0.3) is 0 Å². The van der Waals surface area contributed by atoms with E-state index >= 15 is 0 Å². The van der Waals surface area contributed by atoms with E-state index in [2.05, 4.69) is 10.2 Å². The van der Waals surface area contributed by atoms with Gasteiger partial charge in [-0.3, -0.25) is 14.5 Å². The number of aryl methyl sites for hydroxylation is 1. The van der Waals surface area contributed by atoms with Crippen molar-refractivity contribution in [2.24, 2.45) is 0 Å². The molecule has 0 unspecified atom stereocenters. The third-order valence-corrected chi connectivity index (χ3v) is 10.3. The van der Waals surface area contributed by atoms with Gasteiger partial charge in [-0.2, -0.15) is 4.31 Å². The highest BCUT2D eigenvalue weighted by Gasteiger charge is 2.32. The number of morpholine rings is 1. The van der Waals surface area contributed by atoms with Gasteiger partial charge < -0.3 is 15.0 Å². The highest BCUT2D eigenvalue weighted by molar-refractivity contribution is 7.89. The lowest BCUT2D eigenvalue weighted by molar-refractivity contribution is -0.141. The number of nitrogens with one attached hydrogen (secondary N) is 1. The molecule has 11 heteroatoms. The van der Waals surface area contributed by atoms with Gasteiger partial charge in [0.1, 0.15) is 11.9 Å². The standard InChI is InChI=1S/C34H41FN4O5S/c35-30-13-8-28(9-14-30)26-39(32(40)17-12-27-10-15-31(16-11-27)45(42,43)38-19-4-5-20-38)33(29-6-2-1-3-7-29)34(41)36-18-21-37-22-24-44-25-23-37/h1-3,6-11,13-16,33H,4-5,12,17-26H2,(H,36,41)/t33-/m1/s1. The first-order valence-electron chi connectivity index (χ1n) is 15.6. The Labute approximate surface area is 265 Å². The van der Waals surface area contributed by atoms with Crippen LogP contribution in [0.4, 0.5) is 4.39 Å². The Kier molecular flexibility index (Phi) is 11.3. The number of nitrogens with zero attached hydrogens (tertiary/aromatic N) is 3. The molecule has 0 spiro atoms. The maximum atomic E-state index is 14.0. The highest BCUT2D eigenvalue weighted by Crippen LogP contribution is 2.26. The number of carbonyl (C=O) groups is 2. The fraction of sp³-hybridized carbons (Fsp3) is 0.412. The lowest BCUT2D eigenvalue weighted by atomic mass is 10.0. The van der Waals surface area contributed by atoms with E-state index in [0.717, 1.165) is 31.5 Å². The maximum Gasteiger partial charge on any atom is 0.247 e. The van der Waals surface area contributed by atoms with Crippen LogP contribution < -0.4 is 5.32 Å². The molecular formula is C34H41FN4O5S. The first-order valence-corrected chi connectivity index (χ1v) is 17.0. The van der Waals surface area contributed by atoms with Crippen molar-refractivity contribution < 1.29 is 27.1 Å². The summed E-state index contributed by atoms with van der Waals surface area (Å²) >= 11 is 0. The van der Waals surface area contributed by atoms with Crippen molar-refractivity contribution in [2.45, 2.75) is 43.2 Å². The summed E-state index contributed by atoms with van der Waals surface area (Å²) in [5.41, 5.74) is 2.19. The van der Waals surface area contributed by atoms with Gasteiger partial charge in [-0.15, -0.1) is 0 Å². The van der Waals surface area contributed by atoms with Crippen LogP contribution in [0.2, 0.25) is 0 Å². The normalized spacial score (nSPS) is 16.7. The van der Waals surface area contributed by atoms with E-state index in [0.29, 0.717) is 56.9 Å². The van der Waals surface area contributed by atoms with Gasteiger partial charge in [-0.25, -0.2) is 12.8 Å². The minimum Gasteiger partial charge on any atom is -0.379 e. The molecule has 3 aromatic rings. The number of halogens is 1. The molecule has 0 saturated carbocycles. The van der Waals surface area contributed by atoms with Gasteiger partial charge >= 0.3 is 0 Å². The monoisotopic (exact) mass is 636 g/mol. The topological polar surface area (TPSA) is 99.3 Å². The van der Waals surface area contributed by atoms with E-state index in [-0.39, 0.29) is 35.5 Å². The van der Waals surface area contributed by atoms with Crippen LogP contribution in [0.5, 0.6) is 0 Å². The molecule has 45 heavy (non-hydrogen) atoms. The zero-order valence-electron chi connectivity index (χ0n) is 25.4. The second kappa shape index (κ2) is 15.6. The molecule has 2 amide bonds. The number of carbonyl (C=O) groups excluding carboxylic acids is 2. The molecule has 240 valence electrons. The molecule has 2 fully saturated rings. The Morgan fingerprint density at radius 3 is 2.18 bits per heavy atom. The molecule has 3 aromatic carbocycles. The molecule has 2 aliphatic rings. The average molecular weight is 637 g/mol. The van der Waals surface area contributed by atoms with Crippen LogP contribution in [0.1, 0.15) is 42.0 Å². The van der Waals surface area contributed by atoms with Crippen molar-refractivity contribution in [3.05, 3.63) is 101 Å². The quantitative estimate of drug-likeness (QED) is 0.307. The van der Waals surface area contributed by atoms with Crippen molar-refractivity contribution in [1.82, 2.24) is 19.4 Å². The molecular weight excluding hydrogens is 595 g/mol. The Balaban J connectivity index is 1.33. The van der Waals surface area contributed by atoms with Gasteiger partial charge in [0.05, 0.1) is 18.1 Å². The summed E-state index contributed by atoms with van der Waals surface area (Å²) in [6.45, 7) is 5.21. The molecule has 2 heterocycles. The molecule has 2 saturated heterocycles. The first-order chi connectivity index (χ1) is 21.8. The molecule has 1 N–H and O–H groups in total. The molecule has 9 nitrogen and oxygen atoms in total. The molecule has 0 aliphatic carbocycles. The second-order valence-corrected chi connectivity index (χ2v) is 13.4. The number of sulfonamides is 1. The fourth-order valence-corrected chi connectivity index (χ4v) is 7.29. The molecule has 0 radical (unpaired) electrons. The zero-order chi connectivity index (χ0) is 31.6. The fourth-order valence-electron chi connectivity index (χ4n) is 5.78. The summed E-state index contributed by atoms with van der Waals surface area (Å²) in [6, 6.07) is 20.9. The predicted octanol–water partition coefficient (Wildman–Crippen LogP) is 3.76. The predicted molar refractivity (Wildman–Crippen MR) is 169 cm³/mol. The minimum absolute atomic E-state index is 0.101. The van der Waals surface area contributed by atoms with Gasteiger partial charge in [0.25, 0.3) is 0 Å². The Morgan fingerprint density at radius 2 is 1.51 bits per heavy atom. The van der Waals surface area contributed by atoms with Crippen LogP contribution in [0.3, 0.4) is 0 Å². The van der Waals surface area contributed by atoms with Crippen molar-refractivity contribution in [1.29, 1.82) is 0 Å². The summed E-state index contributed by atoms with van der Waals surface area (Å²) in [5.74, 6) is -0.918. The largest absolute Gasteiger partial charge is 0.379 e. The lowest BCUT2D eigenvalue weighted by Crippen LogP contribution is -2.46.